The van der Waals surface area contributed by atoms with Gasteiger partial charge in [-0.1, -0.05) is 42.5 Å². The first-order valence-corrected chi connectivity index (χ1v) is 9.62. The van der Waals surface area contributed by atoms with E-state index in [-0.39, 0.29) is 5.91 Å². The molecular weight excluding hydrogens is 350 g/mol. The molecule has 0 fully saturated rings. The minimum Gasteiger partial charge on any atom is -0.388 e. The van der Waals surface area contributed by atoms with Crippen LogP contribution in [0, 0.1) is 6.92 Å². The molecule has 0 unspecified atom stereocenters. The summed E-state index contributed by atoms with van der Waals surface area (Å²) in [6.45, 7) is 5.44. The van der Waals surface area contributed by atoms with Crippen LogP contribution in [0.4, 0.5) is 0 Å². The van der Waals surface area contributed by atoms with Gasteiger partial charge in [-0.2, -0.15) is 5.10 Å². The molecule has 1 N–H and O–H groups in total. The number of rotatable bonds is 7. The van der Waals surface area contributed by atoms with E-state index >= 15 is 0 Å². The fourth-order valence-corrected chi connectivity index (χ4v) is 3.32. The molecule has 0 saturated carbocycles. The fourth-order valence-electron chi connectivity index (χ4n) is 3.32. The maximum Gasteiger partial charge on any atom is 0.253 e. The monoisotopic (exact) mass is 377 g/mol. The van der Waals surface area contributed by atoms with Gasteiger partial charge in [-0.15, -0.1) is 0 Å². The van der Waals surface area contributed by atoms with Crippen LogP contribution in [0.3, 0.4) is 0 Å². The molecule has 5 nitrogen and oxygen atoms in total. The molecule has 0 aliphatic carbocycles. The molecule has 28 heavy (non-hydrogen) atoms. The van der Waals surface area contributed by atoms with Crippen molar-refractivity contribution >= 4 is 5.91 Å². The highest BCUT2D eigenvalue weighted by atomic mass is 16.3. The number of aromatic nitrogens is 2. The van der Waals surface area contributed by atoms with Crippen molar-refractivity contribution in [1.82, 2.24) is 14.7 Å². The van der Waals surface area contributed by atoms with Crippen LogP contribution in [0.15, 0.2) is 60.8 Å². The van der Waals surface area contributed by atoms with Gasteiger partial charge in [-0.25, -0.2) is 0 Å². The van der Waals surface area contributed by atoms with Crippen LogP contribution in [0.1, 0.15) is 41.1 Å². The Labute approximate surface area is 166 Å². The summed E-state index contributed by atoms with van der Waals surface area (Å²) in [6.07, 6.45) is 1.80. The van der Waals surface area contributed by atoms with Crippen LogP contribution < -0.4 is 0 Å². The smallest absolute Gasteiger partial charge is 0.253 e. The molecule has 5 heteroatoms. The molecule has 1 heterocycles. The number of carbonyl (C=O) groups excluding carboxylic acids is 1. The third-order valence-corrected chi connectivity index (χ3v) is 5.11. The highest BCUT2D eigenvalue weighted by Crippen LogP contribution is 2.24. The number of benzene rings is 2. The van der Waals surface area contributed by atoms with Crippen molar-refractivity contribution in [2.24, 2.45) is 0 Å². The van der Waals surface area contributed by atoms with Crippen molar-refractivity contribution in [2.75, 3.05) is 13.6 Å². The Hall–Kier alpha value is -2.92. The van der Waals surface area contributed by atoms with Gasteiger partial charge in [0.1, 0.15) is 0 Å². The summed E-state index contributed by atoms with van der Waals surface area (Å²) in [5, 5.41) is 14.7. The molecule has 0 bridgehead atoms. The van der Waals surface area contributed by atoms with Crippen LogP contribution in [-0.2, 0) is 6.54 Å². The first-order chi connectivity index (χ1) is 13.5. The lowest BCUT2D eigenvalue weighted by Crippen LogP contribution is -2.28. The van der Waals surface area contributed by atoms with Gasteiger partial charge in [-0.3, -0.25) is 9.48 Å². The average molecular weight is 377 g/mol. The van der Waals surface area contributed by atoms with Gasteiger partial charge < -0.3 is 10.0 Å². The van der Waals surface area contributed by atoms with Crippen molar-refractivity contribution in [2.45, 2.75) is 32.9 Å². The molecule has 1 amide bonds. The number of aryl methyl sites for hydroxylation is 1. The summed E-state index contributed by atoms with van der Waals surface area (Å²) in [5.74, 6) is -0.0483. The third-order valence-electron chi connectivity index (χ3n) is 5.11. The standard InChI is InChI=1S/C23H27N3O2/c1-4-26-17(2)21(16-24-26)18-10-12-20(13-11-18)23(28)25(3)15-14-22(27)19-8-6-5-7-9-19/h5-13,16,22,27H,4,14-15H2,1-3H3/t22-/m1/s1. The highest BCUT2D eigenvalue weighted by molar-refractivity contribution is 5.94. The lowest BCUT2D eigenvalue weighted by molar-refractivity contribution is 0.0761. The summed E-state index contributed by atoms with van der Waals surface area (Å²) in [4.78, 5) is 14.3. The highest BCUT2D eigenvalue weighted by Gasteiger charge is 2.15. The Morgan fingerprint density at radius 1 is 1.14 bits per heavy atom. The molecule has 0 saturated heterocycles. The van der Waals surface area contributed by atoms with Gasteiger partial charge >= 0.3 is 0 Å². The maximum atomic E-state index is 12.7. The largest absolute Gasteiger partial charge is 0.388 e. The summed E-state index contributed by atoms with van der Waals surface area (Å²) in [6, 6.07) is 17.1. The minimum absolute atomic E-state index is 0.0483. The summed E-state index contributed by atoms with van der Waals surface area (Å²) in [7, 11) is 1.77. The Kier molecular flexibility index (Phi) is 6.26. The van der Waals surface area contributed by atoms with Gasteiger partial charge in [-0.05, 0) is 43.5 Å². The number of hydrogen-bond donors (Lipinski definition) is 1. The van der Waals surface area contributed by atoms with E-state index < -0.39 is 6.10 Å². The third kappa shape index (κ3) is 4.31. The molecule has 0 aliphatic heterocycles. The average Bonchev–Trinajstić information content (AvgIpc) is 3.12. The first kappa shape index (κ1) is 19.8. The molecule has 3 rings (SSSR count). The van der Waals surface area contributed by atoms with E-state index in [1.807, 2.05) is 65.5 Å². The minimum atomic E-state index is -0.572. The lowest BCUT2D eigenvalue weighted by Gasteiger charge is -2.19. The van der Waals surface area contributed by atoms with E-state index in [9.17, 15) is 9.90 Å². The van der Waals surface area contributed by atoms with E-state index in [2.05, 4.69) is 18.9 Å². The molecule has 1 aromatic heterocycles. The predicted octanol–water partition coefficient (Wildman–Crippen LogP) is 4.07. The normalized spacial score (nSPS) is 12.0. The van der Waals surface area contributed by atoms with Gasteiger partial charge in [0.2, 0.25) is 0 Å². The number of nitrogens with zero attached hydrogens (tertiary/aromatic N) is 3. The van der Waals surface area contributed by atoms with Gasteiger partial charge in [0.25, 0.3) is 5.91 Å². The Morgan fingerprint density at radius 3 is 2.43 bits per heavy atom. The van der Waals surface area contributed by atoms with Crippen LogP contribution in [-0.4, -0.2) is 39.3 Å². The fraction of sp³-hybridized carbons (Fsp3) is 0.304. The van der Waals surface area contributed by atoms with E-state index in [1.54, 1.807) is 11.9 Å². The van der Waals surface area contributed by atoms with Crippen molar-refractivity contribution in [3.05, 3.63) is 77.6 Å². The Balaban J connectivity index is 1.63. The Bertz CT molecular complexity index is 917. The Morgan fingerprint density at radius 2 is 1.82 bits per heavy atom. The summed E-state index contributed by atoms with van der Waals surface area (Å²) < 4.78 is 1.96. The molecule has 0 aliphatic rings. The molecule has 2 aromatic carbocycles. The van der Waals surface area contributed by atoms with Crippen molar-refractivity contribution < 1.29 is 9.90 Å². The van der Waals surface area contributed by atoms with E-state index in [4.69, 9.17) is 0 Å². The van der Waals surface area contributed by atoms with Crippen LogP contribution in [0.5, 0.6) is 0 Å². The second-order valence-electron chi connectivity index (χ2n) is 6.98. The number of hydrogen-bond acceptors (Lipinski definition) is 3. The molecule has 146 valence electrons. The van der Waals surface area contributed by atoms with Crippen LogP contribution in [0.2, 0.25) is 0 Å². The number of carbonyl (C=O) groups is 1. The molecule has 1 atom stereocenters. The molecule has 0 radical (unpaired) electrons. The number of amides is 1. The predicted molar refractivity (Wildman–Crippen MR) is 111 cm³/mol. The van der Waals surface area contributed by atoms with Crippen LogP contribution in [0.25, 0.3) is 11.1 Å². The number of aliphatic hydroxyl groups excluding tert-OH is 1. The zero-order valence-electron chi connectivity index (χ0n) is 16.7. The molecule has 3 aromatic rings. The van der Waals surface area contributed by atoms with Crippen LogP contribution >= 0.6 is 0 Å². The maximum absolute atomic E-state index is 12.7. The van der Waals surface area contributed by atoms with E-state index in [0.717, 1.165) is 28.9 Å². The van der Waals surface area contributed by atoms with Crippen molar-refractivity contribution in [3.63, 3.8) is 0 Å². The zero-order valence-corrected chi connectivity index (χ0v) is 16.7. The second kappa shape index (κ2) is 8.85. The SMILES string of the molecule is CCn1ncc(-c2ccc(C(=O)N(C)CC[C@@H](O)c3ccccc3)cc2)c1C. The van der Waals surface area contributed by atoms with Gasteiger partial charge in [0.05, 0.1) is 12.3 Å². The quantitative estimate of drug-likeness (QED) is 0.675. The topological polar surface area (TPSA) is 58.4 Å². The number of aliphatic hydroxyl groups is 1. The van der Waals surface area contributed by atoms with Crippen molar-refractivity contribution in [3.8, 4) is 11.1 Å². The lowest BCUT2D eigenvalue weighted by atomic mass is 10.0. The molecular formula is C23H27N3O2. The van der Waals surface area contributed by atoms with E-state index in [1.165, 1.54) is 0 Å². The van der Waals surface area contributed by atoms with Gasteiger partial charge in [0.15, 0.2) is 0 Å². The zero-order chi connectivity index (χ0) is 20.1. The van der Waals surface area contributed by atoms with Crippen molar-refractivity contribution in [1.29, 1.82) is 0 Å². The molecule has 0 spiro atoms. The first-order valence-electron chi connectivity index (χ1n) is 9.62. The summed E-state index contributed by atoms with van der Waals surface area (Å²) in [5.41, 5.74) is 4.77. The van der Waals surface area contributed by atoms with Gasteiger partial charge in [0, 0.05) is 37.0 Å². The van der Waals surface area contributed by atoms with E-state index in [0.29, 0.717) is 18.5 Å². The summed E-state index contributed by atoms with van der Waals surface area (Å²) >= 11 is 0. The second-order valence-corrected chi connectivity index (χ2v) is 6.98.